The van der Waals surface area contributed by atoms with E-state index in [9.17, 15) is 0 Å². The average molecular weight is 213 g/mol. The Morgan fingerprint density at radius 3 is 2.64 bits per heavy atom. The van der Waals surface area contributed by atoms with Crippen molar-refractivity contribution in [2.45, 2.75) is 57.4 Å². The number of hydrogen-bond donors (Lipinski definition) is 1. The highest BCUT2D eigenvalue weighted by atomic mass is 32.2. The average Bonchev–Trinajstić information content (AvgIpc) is 2.46. The molecule has 1 nitrogen and oxygen atoms in total. The van der Waals surface area contributed by atoms with Crippen LogP contribution >= 0.6 is 11.8 Å². The Hall–Kier alpha value is 0.310. The van der Waals surface area contributed by atoms with Crippen LogP contribution in [0.2, 0.25) is 0 Å². The van der Waals surface area contributed by atoms with E-state index in [0.29, 0.717) is 5.54 Å². The summed E-state index contributed by atoms with van der Waals surface area (Å²) in [5.74, 6) is 3.17. The zero-order valence-corrected chi connectivity index (χ0v) is 10.5. The molecule has 2 aliphatic rings. The highest BCUT2D eigenvalue weighted by Crippen LogP contribution is 2.39. The van der Waals surface area contributed by atoms with E-state index >= 15 is 0 Å². The highest BCUT2D eigenvalue weighted by Gasteiger charge is 2.36. The van der Waals surface area contributed by atoms with Crippen LogP contribution in [0, 0.1) is 11.8 Å². The molecule has 2 fully saturated rings. The smallest absolute Gasteiger partial charge is 0.0565 e. The second-order valence-corrected chi connectivity index (χ2v) is 6.92. The maximum absolute atomic E-state index is 3.78. The molecular formula is C12H23NS. The topological polar surface area (TPSA) is 12.0 Å². The van der Waals surface area contributed by atoms with Crippen molar-refractivity contribution in [2.24, 2.45) is 11.8 Å². The first kappa shape index (κ1) is 10.8. The van der Waals surface area contributed by atoms with Gasteiger partial charge in [-0.05, 0) is 38.5 Å². The first-order valence-electron chi connectivity index (χ1n) is 5.96. The van der Waals surface area contributed by atoms with Crippen molar-refractivity contribution >= 4 is 11.8 Å². The summed E-state index contributed by atoms with van der Waals surface area (Å²) in [6.45, 7) is 7.06. The lowest BCUT2D eigenvalue weighted by Crippen LogP contribution is -2.42. The third-order valence-corrected chi connectivity index (χ3v) is 5.31. The molecule has 1 aliphatic carbocycles. The largest absolute Gasteiger partial charge is 0.299 e. The minimum Gasteiger partial charge on any atom is -0.299 e. The fourth-order valence-corrected chi connectivity index (χ4v) is 4.38. The molecule has 0 radical (unpaired) electrons. The zero-order chi connectivity index (χ0) is 10.2. The van der Waals surface area contributed by atoms with Crippen LogP contribution in [0.3, 0.4) is 0 Å². The molecule has 3 unspecified atom stereocenters. The number of thioether (sulfide) groups is 1. The van der Waals surface area contributed by atoms with Crippen molar-refractivity contribution in [2.75, 3.05) is 5.75 Å². The molecule has 1 heterocycles. The molecule has 0 aromatic rings. The number of rotatable bonds is 1. The summed E-state index contributed by atoms with van der Waals surface area (Å²) in [6, 6.07) is 0. The Morgan fingerprint density at radius 1 is 1.29 bits per heavy atom. The summed E-state index contributed by atoms with van der Waals surface area (Å²) in [4.78, 5) is 0. The van der Waals surface area contributed by atoms with Crippen molar-refractivity contribution in [3.8, 4) is 0 Å². The molecule has 0 spiro atoms. The highest BCUT2D eigenvalue weighted by molar-refractivity contribution is 8.00. The molecule has 1 N–H and O–H groups in total. The predicted molar refractivity (Wildman–Crippen MR) is 64.6 cm³/mol. The van der Waals surface area contributed by atoms with Gasteiger partial charge in [-0.2, -0.15) is 0 Å². The summed E-state index contributed by atoms with van der Waals surface area (Å²) < 4.78 is 0. The predicted octanol–water partition coefficient (Wildman–Crippen LogP) is 3.25. The third-order valence-electron chi connectivity index (χ3n) is 3.56. The minimum absolute atomic E-state index is 0.371. The lowest BCUT2D eigenvalue weighted by molar-refractivity contribution is 0.249. The van der Waals surface area contributed by atoms with Gasteiger partial charge in [-0.25, -0.2) is 0 Å². The van der Waals surface area contributed by atoms with Crippen LogP contribution in [0.4, 0.5) is 0 Å². The molecule has 2 heteroatoms. The van der Waals surface area contributed by atoms with Crippen LogP contribution in [0.15, 0.2) is 0 Å². The van der Waals surface area contributed by atoms with Crippen LogP contribution in [-0.4, -0.2) is 16.7 Å². The van der Waals surface area contributed by atoms with Gasteiger partial charge in [0, 0.05) is 11.3 Å². The normalized spacial score (nSPS) is 42.6. The van der Waals surface area contributed by atoms with Crippen LogP contribution < -0.4 is 5.32 Å². The van der Waals surface area contributed by atoms with E-state index in [4.69, 9.17) is 0 Å². The van der Waals surface area contributed by atoms with Crippen molar-refractivity contribution in [1.82, 2.24) is 5.32 Å². The fraction of sp³-hybridized carbons (Fsp3) is 1.00. The monoisotopic (exact) mass is 213 g/mol. The molecule has 0 aromatic heterocycles. The van der Waals surface area contributed by atoms with E-state index in [1.165, 1.54) is 31.4 Å². The molecule has 3 atom stereocenters. The van der Waals surface area contributed by atoms with Crippen molar-refractivity contribution < 1.29 is 0 Å². The van der Waals surface area contributed by atoms with Gasteiger partial charge in [-0.3, -0.25) is 5.32 Å². The molecule has 82 valence electrons. The lowest BCUT2D eigenvalue weighted by Gasteiger charge is -2.32. The van der Waals surface area contributed by atoms with E-state index in [0.717, 1.165) is 17.2 Å². The molecule has 2 rings (SSSR count). The quantitative estimate of drug-likeness (QED) is 0.717. The fourth-order valence-electron chi connectivity index (χ4n) is 2.78. The van der Waals surface area contributed by atoms with Gasteiger partial charge in [0.1, 0.15) is 0 Å². The first-order valence-corrected chi connectivity index (χ1v) is 7.01. The Labute approximate surface area is 92.4 Å². The van der Waals surface area contributed by atoms with E-state index < -0.39 is 0 Å². The summed E-state index contributed by atoms with van der Waals surface area (Å²) in [5.41, 5.74) is 0.371. The molecule has 1 saturated heterocycles. The van der Waals surface area contributed by atoms with Gasteiger partial charge in [0.25, 0.3) is 0 Å². The van der Waals surface area contributed by atoms with Crippen LogP contribution in [0.1, 0.15) is 46.5 Å². The third kappa shape index (κ3) is 2.46. The molecule has 0 amide bonds. The van der Waals surface area contributed by atoms with E-state index in [1.807, 2.05) is 0 Å². The summed E-state index contributed by atoms with van der Waals surface area (Å²) in [5, 5.41) is 4.53. The molecule has 1 aliphatic heterocycles. The SMILES string of the molecule is CC1CCCC(C2NC(C)(C)CS2)C1. The number of nitrogens with one attached hydrogen (secondary N) is 1. The van der Waals surface area contributed by atoms with Crippen molar-refractivity contribution in [1.29, 1.82) is 0 Å². The standard InChI is InChI=1S/C12H23NS/c1-9-5-4-6-10(7-9)11-13-12(2,3)8-14-11/h9-11,13H,4-8H2,1-3H3. The van der Waals surface area contributed by atoms with Crippen molar-refractivity contribution in [3.05, 3.63) is 0 Å². The first-order chi connectivity index (χ1) is 6.57. The Bertz CT molecular complexity index is 202. The van der Waals surface area contributed by atoms with Crippen LogP contribution in [0.25, 0.3) is 0 Å². The molecular weight excluding hydrogens is 190 g/mol. The van der Waals surface area contributed by atoms with Gasteiger partial charge in [0.15, 0.2) is 0 Å². The Morgan fingerprint density at radius 2 is 2.07 bits per heavy atom. The second-order valence-electron chi connectivity index (χ2n) is 5.79. The molecule has 0 bridgehead atoms. The van der Waals surface area contributed by atoms with E-state index in [1.54, 1.807) is 0 Å². The molecule has 1 saturated carbocycles. The van der Waals surface area contributed by atoms with Gasteiger partial charge >= 0.3 is 0 Å². The van der Waals surface area contributed by atoms with E-state index in [-0.39, 0.29) is 0 Å². The second kappa shape index (κ2) is 4.05. The van der Waals surface area contributed by atoms with Gasteiger partial charge in [-0.1, -0.05) is 19.8 Å². The van der Waals surface area contributed by atoms with E-state index in [2.05, 4.69) is 37.8 Å². The maximum atomic E-state index is 3.78. The van der Waals surface area contributed by atoms with Crippen LogP contribution in [0.5, 0.6) is 0 Å². The van der Waals surface area contributed by atoms with Crippen molar-refractivity contribution in [3.63, 3.8) is 0 Å². The van der Waals surface area contributed by atoms with Gasteiger partial charge in [-0.15, -0.1) is 11.8 Å². The summed E-state index contributed by atoms with van der Waals surface area (Å²) in [6.07, 6.45) is 5.80. The maximum Gasteiger partial charge on any atom is 0.0565 e. The molecule has 14 heavy (non-hydrogen) atoms. The Balaban J connectivity index is 1.89. The number of hydrogen-bond acceptors (Lipinski definition) is 2. The lowest BCUT2D eigenvalue weighted by atomic mass is 9.82. The summed E-state index contributed by atoms with van der Waals surface area (Å²) >= 11 is 2.15. The van der Waals surface area contributed by atoms with Gasteiger partial charge in [0.05, 0.1) is 5.37 Å². The minimum atomic E-state index is 0.371. The molecule has 0 aromatic carbocycles. The summed E-state index contributed by atoms with van der Waals surface area (Å²) in [7, 11) is 0. The Kier molecular flexibility index (Phi) is 3.13. The van der Waals surface area contributed by atoms with Gasteiger partial charge in [0.2, 0.25) is 0 Å². The van der Waals surface area contributed by atoms with Gasteiger partial charge < -0.3 is 0 Å². The van der Waals surface area contributed by atoms with Crippen LogP contribution in [-0.2, 0) is 0 Å². The zero-order valence-electron chi connectivity index (χ0n) is 9.68.